The molecule has 0 aliphatic carbocycles. The molecule has 4 nitrogen and oxygen atoms in total. The number of aliphatic hydroxyl groups excluding tert-OH is 1. The molecule has 8 heavy (non-hydrogen) atoms. The van der Waals surface area contributed by atoms with Gasteiger partial charge < -0.3 is 16.6 Å². The largest absolute Gasteiger partial charge is 0.381 e. The van der Waals surface area contributed by atoms with Crippen molar-refractivity contribution in [2.24, 2.45) is 11.5 Å². The molecular formula is C4H13N3O. The van der Waals surface area contributed by atoms with Crippen LogP contribution in [0.4, 0.5) is 0 Å². The molecule has 0 rings (SSSR count). The van der Waals surface area contributed by atoms with Crippen LogP contribution in [0.5, 0.6) is 0 Å². The average molecular weight is 119 g/mol. The smallest absolute Gasteiger partial charge is 0.0945 e. The molecule has 0 amide bonds. The molecule has 0 radical (unpaired) electrons. The van der Waals surface area contributed by atoms with Crippen molar-refractivity contribution >= 4 is 0 Å². The van der Waals surface area contributed by atoms with Crippen LogP contribution in [0.1, 0.15) is 6.92 Å². The van der Waals surface area contributed by atoms with Gasteiger partial charge in [0.15, 0.2) is 0 Å². The highest BCUT2D eigenvalue weighted by Gasteiger charge is 2.12. The SMILES string of the molecule is CC(N)(CN)NCO. The summed E-state index contributed by atoms with van der Waals surface area (Å²) in [5.74, 6) is 0. The van der Waals surface area contributed by atoms with Crippen LogP contribution in [-0.4, -0.2) is 24.0 Å². The minimum Gasteiger partial charge on any atom is -0.381 e. The van der Waals surface area contributed by atoms with E-state index < -0.39 is 5.66 Å². The Kier molecular flexibility index (Phi) is 2.93. The molecule has 0 saturated heterocycles. The molecule has 0 aliphatic heterocycles. The second-order valence-electron chi connectivity index (χ2n) is 1.96. The Bertz CT molecular complexity index is 64.3. The van der Waals surface area contributed by atoms with E-state index in [0.717, 1.165) is 0 Å². The number of rotatable bonds is 3. The van der Waals surface area contributed by atoms with Crippen molar-refractivity contribution < 1.29 is 5.11 Å². The predicted molar refractivity (Wildman–Crippen MR) is 31.9 cm³/mol. The molecule has 0 fully saturated rings. The molecule has 6 N–H and O–H groups in total. The first-order chi connectivity index (χ1) is 3.62. The molecule has 0 spiro atoms. The lowest BCUT2D eigenvalue weighted by Crippen LogP contribution is -2.56. The highest BCUT2D eigenvalue weighted by molar-refractivity contribution is 4.73. The summed E-state index contributed by atoms with van der Waals surface area (Å²) in [5.41, 5.74) is 9.99. The van der Waals surface area contributed by atoms with Gasteiger partial charge in [-0.2, -0.15) is 0 Å². The van der Waals surface area contributed by atoms with Gasteiger partial charge in [-0.25, -0.2) is 0 Å². The van der Waals surface area contributed by atoms with E-state index in [1.165, 1.54) is 0 Å². The third-order valence-corrected chi connectivity index (χ3v) is 0.907. The van der Waals surface area contributed by atoms with Crippen LogP contribution in [0.15, 0.2) is 0 Å². The van der Waals surface area contributed by atoms with Crippen molar-refractivity contribution in [3.8, 4) is 0 Å². The first-order valence-electron chi connectivity index (χ1n) is 2.47. The lowest BCUT2D eigenvalue weighted by Gasteiger charge is -2.22. The van der Waals surface area contributed by atoms with Gasteiger partial charge in [-0.1, -0.05) is 0 Å². The van der Waals surface area contributed by atoms with Crippen molar-refractivity contribution in [1.82, 2.24) is 5.32 Å². The molecule has 1 atom stereocenters. The third kappa shape index (κ3) is 2.92. The van der Waals surface area contributed by atoms with E-state index in [1.807, 2.05) is 0 Å². The van der Waals surface area contributed by atoms with E-state index in [1.54, 1.807) is 6.92 Å². The molecule has 0 aliphatic rings. The fraction of sp³-hybridized carbons (Fsp3) is 1.00. The molecule has 50 valence electrons. The van der Waals surface area contributed by atoms with Crippen LogP contribution in [0.25, 0.3) is 0 Å². The lowest BCUT2D eigenvalue weighted by molar-refractivity contribution is 0.206. The van der Waals surface area contributed by atoms with Gasteiger partial charge in [0.25, 0.3) is 0 Å². The van der Waals surface area contributed by atoms with Gasteiger partial charge in [0, 0.05) is 6.54 Å². The van der Waals surface area contributed by atoms with Gasteiger partial charge in [0.1, 0.15) is 0 Å². The van der Waals surface area contributed by atoms with Crippen molar-refractivity contribution in [2.45, 2.75) is 12.6 Å². The second kappa shape index (κ2) is 2.99. The normalized spacial score (nSPS) is 18.0. The maximum Gasteiger partial charge on any atom is 0.0945 e. The van der Waals surface area contributed by atoms with Gasteiger partial charge in [0.2, 0.25) is 0 Å². The van der Waals surface area contributed by atoms with Crippen LogP contribution < -0.4 is 16.8 Å². The van der Waals surface area contributed by atoms with Crippen LogP contribution >= 0.6 is 0 Å². The summed E-state index contributed by atoms with van der Waals surface area (Å²) in [6.45, 7) is 1.89. The zero-order chi connectivity index (χ0) is 6.62. The Morgan fingerprint density at radius 1 is 1.75 bits per heavy atom. The topological polar surface area (TPSA) is 84.3 Å². The van der Waals surface area contributed by atoms with Crippen LogP contribution in [-0.2, 0) is 0 Å². The molecule has 0 saturated carbocycles. The maximum atomic E-state index is 8.29. The van der Waals surface area contributed by atoms with E-state index in [4.69, 9.17) is 16.6 Å². The number of aliphatic hydroxyl groups is 1. The number of hydrogen-bond donors (Lipinski definition) is 4. The molecule has 4 heteroatoms. The van der Waals surface area contributed by atoms with E-state index in [2.05, 4.69) is 5.32 Å². The molecule has 0 bridgehead atoms. The average Bonchev–Trinajstić information content (AvgIpc) is 1.67. The summed E-state index contributed by atoms with van der Waals surface area (Å²) in [6.07, 6.45) is 0. The minimum absolute atomic E-state index is 0.135. The summed E-state index contributed by atoms with van der Waals surface area (Å²) >= 11 is 0. The quantitative estimate of drug-likeness (QED) is 0.329. The zero-order valence-corrected chi connectivity index (χ0v) is 5.02. The van der Waals surface area contributed by atoms with Crippen molar-refractivity contribution in [1.29, 1.82) is 0 Å². The standard InChI is InChI=1S/C4H13N3O/c1-4(6,2-5)7-3-8/h7-8H,2-3,5-6H2,1H3. The van der Waals surface area contributed by atoms with Gasteiger partial charge >= 0.3 is 0 Å². The van der Waals surface area contributed by atoms with Crippen LogP contribution in [0.3, 0.4) is 0 Å². The Hall–Kier alpha value is -0.160. The molecule has 1 unspecified atom stereocenters. The van der Waals surface area contributed by atoms with Crippen molar-refractivity contribution in [3.63, 3.8) is 0 Å². The van der Waals surface area contributed by atoms with Crippen LogP contribution in [0, 0.1) is 0 Å². The summed E-state index contributed by atoms with van der Waals surface area (Å²) in [4.78, 5) is 0. The van der Waals surface area contributed by atoms with Gasteiger partial charge in [-0.3, -0.25) is 5.32 Å². The van der Waals surface area contributed by atoms with Crippen molar-refractivity contribution in [3.05, 3.63) is 0 Å². The number of hydrogen-bond acceptors (Lipinski definition) is 4. The summed E-state index contributed by atoms with van der Waals surface area (Å²) < 4.78 is 0. The van der Waals surface area contributed by atoms with E-state index in [-0.39, 0.29) is 6.73 Å². The summed E-state index contributed by atoms with van der Waals surface area (Å²) in [5, 5.41) is 10.9. The monoisotopic (exact) mass is 119 g/mol. The Morgan fingerprint density at radius 3 is 2.38 bits per heavy atom. The van der Waals surface area contributed by atoms with Crippen LogP contribution in [0.2, 0.25) is 0 Å². The second-order valence-corrected chi connectivity index (χ2v) is 1.96. The first-order valence-corrected chi connectivity index (χ1v) is 2.47. The molecule has 0 aromatic carbocycles. The lowest BCUT2D eigenvalue weighted by atomic mass is 10.2. The molecule has 0 aromatic rings. The third-order valence-electron chi connectivity index (χ3n) is 0.907. The summed E-state index contributed by atoms with van der Waals surface area (Å²) in [6, 6.07) is 0. The molecular weight excluding hydrogens is 106 g/mol. The number of nitrogens with one attached hydrogen (secondary N) is 1. The Morgan fingerprint density at radius 2 is 2.25 bits per heavy atom. The predicted octanol–water partition coefficient (Wildman–Crippen LogP) is -1.84. The van der Waals surface area contributed by atoms with E-state index >= 15 is 0 Å². The number of nitrogens with two attached hydrogens (primary N) is 2. The molecule has 0 heterocycles. The Balaban J connectivity index is 3.37. The van der Waals surface area contributed by atoms with E-state index in [0.29, 0.717) is 6.54 Å². The minimum atomic E-state index is -0.630. The summed E-state index contributed by atoms with van der Waals surface area (Å²) in [7, 11) is 0. The van der Waals surface area contributed by atoms with Crippen molar-refractivity contribution in [2.75, 3.05) is 13.3 Å². The highest BCUT2D eigenvalue weighted by Crippen LogP contribution is 1.85. The zero-order valence-electron chi connectivity index (χ0n) is 5.02. The molecule has 0 aromatic heterocycles. The maximum absolute atomic E-state index is 8.29. The van der Waals surface area contributed by atoms with Gasteiger partial charge in [0.05, 0.1) is 12.4 Å². The highest BCUT2D eigenvalue weighted by atomic mass is 16.3. The Labute approximate surface area is 48.9 Å². The first kappa shape index (κ1) is 7.84. The van der Waals surface area contributed by atoms with Gasteiger partial charge in [-0.05, 0) is 6.92 Å². The van der Waals surface area contributed by atoms with E-state index in [9.17, 15) is 0 Å². The fourth-order valence-electron chi connectivity index (χ4n) is 0.253. The van der Waals surface area contributed by atoms with Gasteiger partial charge in [-0.15, -0.1) is 0 Å². The fourth-order valence-corrected chi connectivity index (χ4v) is 0.253.